The summed E-state index contributed by atoms with van der Waals surface area (Å²) < 4.78 is 5.56. The van der Waals surface area contributed by atoms with Crippen LogP contribution in [0.4, 0.5) is 0 Å². The molecule has 0 amide bonds. The minimum absolute atomic E-state index is 0.264. The van der Waals surface area contributed by atoms with Crippen LogP contribution in [0.5, 0.6) is 0 Å². The summed E-state index contributed by atoms with van der Waals surface area (Å²) in [6, 6.07) is 0.489. The first-order chi connectivity index (χ1) is 8.99. The van der Waals surface area contributed by atoms with Crippen LogP contribution in [0.15, 0.2) is 15.6 Å². The first-order valence-corrected chi connectivity index (χ1v) is 7.85. The highest BCUT2D eigenvalue weighted by molar-refractivity contribution is 8.13. The molecular formula is C14H23N3OS. The summed E-state index contributed by atoms with van der Waals surface area (Å²) in [5.74, 6) is 2.75. The molecule has 2 heterocycles. The molecule has 1 fully saturated rings. The first-order valence-electron chi connectivity index (χ1n) is 6.86. The summed E-state index contributed by atoms with van der Waals surface area (Å²) in [6.07, 6.45) is 3.85. The Kier molecular flexibility index (Phi) is 4.55. The van der Waals surface area contributed by atoms with Gasteiger partial charge in [0, 0.05) is 18.2 Å². The van der Waals surface area contributed by atoms with Gasteiger partial charge >= 0.3 is 0 Å². The molecular weight excluding hydrogens is 258 g/mol. The Bertz CT molecular complexity index is 448. The lowest BCUT2D eigenvalue weighted by atomic mass is 9.85. The van der Waals surface area contributed by atoms with Crippen LogP contribution in [0.25, 0.3) is 0 Å². The van der Waals surface area contributed by atoms with E-state index in [0.717, 1.165) is 23.1 Å². The van der Waals surface area contributed by atoms with Crippen molar-refractivity contribution in [3.8, 4) is 0 Å². The Morgan fingerprint density at radius 3 is 2.95 bits per heavy atom. The SMILES string of the molecule is CCc1cnc(CN=C2NC(C(C)(C)C)CCS2)o1. The molecule has 0 aromatic carbocycles. The Labute approximate surface area is 119 Å². The highest BCUT2D eigenvalue weighted by atomic mass is 32.2. The van der Waals surface area contributed by atoms with Gasteiger partial charge in [0.15, 0.2) is 5.17 Å². The second-order valence-electron chi connectivity index (χ2n) is 5.90. The fourth-order valence-electron chi connectivity index (χ4n) is 2.00. The van der Waals surface area contributed by atoms with E-state index in [4.69, 9.17) is 4.42 Å². The molecule has 2 rings (SSSR count). The van der Waals surface area contributed by atoms with Crippen LogP contribution in [0.2, 0.25) is 0 Å². The van der Waals surface area contributed by atoms with Crippen molar-refractivity contribution < 1.29 is 4.42 Å². The summed E-state index contributed by atoms with van der Waals surface area (Å²) in [4.78, 5) is 8.81. The highest BCUT2D eigenvalue weighted by Gasteiger charge is 2.28. The zero-order valence-corrected chi connectivity index (χ0v) is 13.0. The van der Waals surface area contributed by atoms with Crippen molar-refractivity contribution in [3.63, 3.8) is 0 Å². The van der Waals surface area contributed by atoms with Crippen LogP contribution in [0.3, 0.4) is 0 Å². The standard InChI is InChI=1S/C14H23N3OS/c1-5-10-8-15-12(18-10)9-16-13-17-11(6-7-19-13)14(2,3)4/h8,11H,5-7,9H2,1-4H3,(H,16,17). The van der Waals surface area contributed by atoms with Crippen molar-refractivity contribution in [1.29, 1.82) is 0 Å². The summed E-state index contributed by atoms with van der Waals surface area (Å²) in [6.45, 7) is 9.37. The molecule has 0 radical (unpaired) electrons. The number of aliphatic imine (C=N–C) groups is 1. The van der Waals surface area contributed by atoms with Crippen molar-refractivity contribution in [2.45, 2.75) is 53.1 Å². The number of thioether (sulfide) groups is 1. The van der Waals surface area contributed by atoms with E-state index in [1.54, 1.807) is 18.0 Å². The van der Waals surface area contributed by atoms with Crippen molar-refractivity contribution >= 4 is 16.9 Å². The normalized spacial score (nSPS) is 22.5. The van der Waals surface area contributed by atoms with E-state index in [1.807, 2.05) is 0 Å². The Morgan fingerprint density at radius 1 is 1.53 bits per heavy atom. The van der Waals surface area contributed by atoms with E-state index < -0.39 is 0 Å². The molecule has 1 saturated heterocycles. The topological polar surface area (TPSA) is 50.4 Å². The third-order valence-electron chi connectivity index (χ3n) is 3.30. The van der Waals surface area contributed by atoms with Gasteiger partial charge in [0.1, 0.15) is 12.3 Å². The number of hydrogen-bond donors (Lipinski definition) is 1. The quantitative estimate of drug-likeness (QED) is 0.924. The molecule has 1 atom stereocenters. The van der Waals surface area contributed by atoms with Gasteiger partial charge in [-0.2, -0.15) is 0 Å². The highest BCUT2D eigenvalue weighted by Crippen LogP contribution is 2.27. The molecule has 4 nitrogen and oxygen atoms in total. The largest absolute Gasteiger partial charge is 0.444 e. The van der Waals surface area contributed by atoms with Gasteiger partial charge in [0.05, 0.1) is 6.20 Å². The summed E-state index contributed by atoms with van der Waals surface area (Å²) in [5, 5.41) is 4.54. The van der Waals surface area contributed by atoms with Crippen molar-refractivity contribution in [1.82, 2.24) is 10.3 Å². The van der Waals surface area contributed by atoms with E-state index in [0.29, 0.717) is 18.5 Å². The van der Waals surface area contributed by atoms with Gasteiger partial charge in [-0.1, -0.05) is 39.5 Å². The lowest BCUT2D eigenvalue weighted by Crippen LogP contribution is -2.46. The molecule has 1 N–H and O–H groups in total. The number of oxazole rings is 1. The maximum Gasteiger partial charge on any atom is 0.216 e. The zero-order chi connectivity index (χ0) is 13.9. The zero-order valence-electron chi connectivity index (χ0n) is 12.2. The predicted molar refractivity (Wildman–Crippen MR) is 80.5 cm³/mol. The number of rotatable bonds is 3. The molecule has 1 aliphatic rings. The van der Waals surface area contributed by atoms with Crippen LogP contribution in [-0.2, 0) is 13.0 Å². The summed E-state index contributed by atoms with van der Waals surface area (Å²) >= 11 is 1.78. The van der Waals surface area contributed by atoms with Crippen LogP contribution in [0, 0.1) is 5.41 Å². The molecule has 0 bridgehead atoms. The Morgan fingerprint density at radius 2 is 2.32 bits per heavy atom. The van der Waals surface area contributed by atoms with Gasteiger partial charge in [-0.3, -0.25) is 4.99 Å². The fraction of sp³-hybridized carbons (Fsp3) is 0.714. The van der Waals surface area contributed by atoms with Crippen molar-refractivity contribution in [3.05, 3.63) is 17.8 Å². The monoisotopic (exact) mass is 281 g/mol. The van der Waals surface area contributed by atoms with E-state index in [-0.39, 0.29) is 5.41 Å². The minimum Gasteiger partial charge on any atom is -0.444 e. The molecule has 19 heavy (non-hydrogen) atoms. The van der Waals surface area contributed by atoms with Crippen molar-refractivity contribution in [2.24, 2.45) is 10.4 Å². The molecule has 0 saturated carbocycles. The van der Waals surface area contributed by atoms with Gasteiger partial charge in [-0.25, -0.2) is 4.98 Å². The first kappa shape index (κ1) is 14.4. The second-order valence-corrected chi connectivity index (χ2v) is 6.98. The number of hydrogen-bond acceptors (Lipinski definition) is 4. The molecule has 106 valence electrons. The number of nitrogens with zero attached hydrogens (tertiary/aromatic N) is 2. The molecule has 1 aliphatic heterocycles. The van der Waals surface area contributed by atoms with Crippen LogP contribution in [0.1, 0.15) is 45.8 Å². The number of amidine groups is 1. The van der Waals surface area contributed by atoms with Gasteiger partial charge in [-0.15, -0.1) is 0 Å². The number of nitrogens with one attached hydrogen (secondary N) is 1. The van der Waals surface area contributed by atoms with E-state index >= 15 is 0 Å². The maximum absolute atomic E-state index is 5.56. The second kappa shape index (κ2) is 5.99. The summed E-state index contributed by atoms with van der Waals surface area (Å²) in [7, 11) is 0. The van der Waals surface area contributed by atoms with E-state index in [9.17, 15) is 0 Å². The Balaban J connectivity index is 1.95. The number of aromatic nitrogens is 1. The van der Waals surface area contributed by atoms with E-state index in [1.165, 1.54) is 6.42 Å². The lowest BCUT2D eigenvalue weighted by molar-refractivity contribution is 0.290. The third-order valence-corrected chi connectivity index (χ3v) is 4.26. The molecule has 1 unspecified atom stereocenters. The van der Waals surface area contributed by atoms with Gasteiger partial charge in [0.2, 0.25) is 5.89 Å². The molecule has 1 aromatic heterocycles. The molecule has 0 aliphatic carbocycles. The third kappa shape index (κ3) is 4.00. The number of aryl methyl sites for hydroxylation is 1. The Hall–Kier alpha value is -0.970. The van der Waals surface area contributed by atoms with Crippen LogP contribution in [-0.4, -0.2) is 21.9 Å². The smallest absolute Gasteiger partial charge is 0.216 e. The maximum atomic E-state index is 5.56. The van der Waals surface area contributed by atoms with Gasteiger partial charge in [0.25, 0.3) is 0 Å². The fourth-order valence-corrected chi connectivity index (χ4v) is 2.93. The average Bonchev–Trinajstić information content (AvgIpc) is 2.84. The predicted octanol–water partition coefficient (Wildman–Crippen LogP) is 3.23. The lowest BCUT2D eigenvalue weighted by Gasteiger charge is -2.35. The van der Waals surface area contributed by atoms with E-state index in [2.05, 4.69) is 43.0 Å². The average molecular weight is 281 g/mol. The molecule has 1 aromatic rings. The molecule has 5 heteroatoms. The van der Waals surface area contributed by atoms with Crippen LogP contribution < -0.4 is 5.32 Å². The van der Waals surface area contributed by atoms with Gasteiger partial charge < -0.3 is 9.73 Å². The van der Waals surface area contributed by atoms with Crippen molar-refractivity contribution in [2.75, 3.05) is 5.75 Å². The van der Waals surface area contributed by atoms with Gasteiger partial charge in [-0.05, 0) is 11.8 Å². The molecule has 0 spiro atoms. The minimum atomic E-state index is 0.264. The van der Waals surface area contributed by atoms with Crippen LogP contribution >= 0.6 is 11.8 Å². The summed E-state index contributed by atoms with van der Waals surface area (Å²) in [5.41, 5.74) is 0.264.